The second-order valence-electron chi connectivity index (χ2n) is 3.19. The van der Waals surface area contributed by atoms with Gasteiger partial charge in [-0.1, -0.05) is 17.7 Å². The van der Waals surface area contributed by atoms with Gasteiger partial charge < -0.3 is 5.32 Å². The van der Waals surface area contributed by atoms with Gasteiger partial charge in [-0.2, -0.15) is 0 Å². The van der Waals surface area contributed by atoms with Crippen LogP contribution in [0.3, 0.4) is 0 Å². The van der Waals surface area contributed by atoms with Crippen LogP contribution < -0.4 is 5.32 Å². The Morgan fingerprint density at radius 2 is 2.18 bits per heavy atom. The van der Waals surface area contributed by atoms with Gasteiger partial charge in [-0.15, -0.1) is 11.6 Å². The Balaban J connectivity index is 2.95. The Hall–Kier alpha value is -1.33. The fourth-order valence-electron chi connectivity index (χ4n) is 1.25. The van der Waals surface area contributed by atoms with E-state index >= 15 is 0 Å². The van der Waals surface area contributed by atoms with Crippen LogP contribution in [0.5, 0.6) is 0 Å². The van der Waals surface area contributed by atoms with E-state index in [1.165, 1.54) is 18.2 Å². The maximum Gasteiger partial charge on any atom is 0.283 e. The lowest BCUT2D eigenvalue weighted by Crippen LogP contribution is -2.25. The number of rotatable bonds is 5. The molecule has 1 rings (SSSR count). The van der Waals surface area contributed by atoms with Gasteiger partial charge in [0.25, 0.3) is 11.6 Å². The van der Waals surface area contributed by atoms with Gasteiger partial charge in [-0.3, -0.25) is 14.9 Å². The van der Waals surface area contributed by atoms with Crippen LogP contribution in [0, 0.1) is 10.1 Å². The maximum atomic E-state index is 11.7. The van der Waals surface area contributed by atoms with E-state index < -0.39 is 10.8 Å². The number of carbonyl (C=O) groups excluding carboxylic acids is 1. The first-order chi connectivity index (χ1) is 8.07. The van der Waals surface area contributed by atoms with E-state index in [4.69, 9.17) is 23.2 Å². The number of amides is 1. The summed E-state index contributed by atoms with van der Waals surface area (Å²) in [6.07, 6.45) is 0.589. The van der Waals surface area contributed by atoms with Crippen LogP contribution in [-0.4, -0.2) is 23.3 Å². The van der Waals surface area contributed by atoms with Crippen LogP contribution in [0.2, 0.25) is 5.02 Å². The Morgan fingerprint density at radius 1 is 1.47 bits per heavy atom. The van der Waals surface area contributed by atoms with E-state index in [0.717, 1.165) is 0 Å². The molecule has 0 aliphatic carbocycles. The molecule has 0 atom stereocenters. The van der Waals surface area contributed by atoms with Crippen LogP contribution in [-0.2, 0) is 0 Å². The molecule has 0 aliphatic heterocycles. The summed E-state index contributed by atoms with van der Waals surface area (Å²) in [7, 11) is 0. The minimum atomic E-state index is -0.637. The molecule has 92 valence electrons. The number of hydrogen-bond donors (Lipinski definition) is 1. The molecule has 1 N–H and O–H groups in total. The first kappa shape index (κ1) is 13.7. The molecule has 0 unspecified atom stereocenters. The third-order valence-electron chi connectivity index (χ3n) is 2.01. The zero-order valence-corrected chi connectivity index (χ0v) is 10.3. The summed E-state index contributed by atoms with van der Waals surface area (Å²) in [5, 5.41) is 13.3. The van der Waals surface area contributed by atoms with Gasteiger partial charge in [0.2, 0.25) is 0 Å². The summed E-state index contributed by atoms with van der Waals surface area (Å²) < 4.78 is 0. The van der Waals surface area contributed by atoms with Crippen LogP contribution in [0.4, 0.5) is 5.69 Å². The summed E-state index contributed by atoms with van der Waals surface area (Å²) in [6.45, 7) is 0.352. The molecule has 7 heteroatoms. The summed E-state index contributed by atoms with van der Waals surface area (Å²) in [5.74, 6) is -0.155. The number of nitrogens with zero attached hydrogens (tertiary/aromatic N) is 1. The quantitative estimate of drug-likeness (QED) is 0.389. The van der Waals surface area contributed by atoms with E-state index in [9.17, 15) is 14.9 Å². The number of carbonyl (C=O) groups is 1. The molecule has 5 nitrogen and oxygen atoms in total. The Labute approximate surface area is 108 Å². The highest BCUT2D eigenvalue weighted by Crippen LogP contribution is 2.25. The predicted octanol–water partition coefficient (Wildman–Crippen LogP) is 2.61. The van der Waals surface area contributed by atoms with Crippen molar-refractivity contribution >= 4 is 34.8 Å². The minimum absolute atomic E-state index is 0.0579. The van der Waals surface area contributed by atoms with Crippen molar-refractivity contribution in [1.82, 2.24) is 5.32 Å². The first-order valence-electron chi connectivity index (χ1n) is 4.85. The third kappa shape index (κ3) is 3.57. The Bertz CT molecular complexity index is 438. The minimum Gasteiger partial charge on any atom is -0.352 e. The summed E-state index contributed by atoms with van der Waals surface area (Å²) in [5.41, 5.74) is -0.422. The molecule has 0 saturated heterocycles. The van der Waals surface area contributed by atoms with Crippen molar-refractivity contribution in [3.05, 3.63) is 38.9 Å². The molecule has 0 heterocycles. The smallest absolute Gasteiger partial charge is 0.283 e. The molecule has 0 fully saturated rings. The van der Waals surface area contributed by atoms with Gasteiger partial charge in [0.05, 0.1) is 9.95 Å². The summed E-state index contributed by atoms with van der Waals surface area (Å²) in [6, 6.07) is 4.10. The monoisotopic (exact) mass is 276 g/mol. The first-order valence-corrected chi connectivity index (χ1v) is 5.76. The molecular weight excluding hydrogens is 267 g/mol. The van der Waals surface area contributed by atoms with Crippen LogP contribution in [0.25, 0.3) is 0 Å². The third-order valence-corrected chi connectivity index (χ3v) is 2.59. The lowest BCUT2D eigenvalue weighted by molar-refractivity contribution is -0.385. The number of nitro groups is 1. The molecule has 0 bridgehead atoms. The summed E-state index contributed by atoms with van der Waals surface area (Å²) >= 11 is 11.2. The lowest BCUT2D eigenvalue weighted by Gasteiger charge is -2.06. The number of halogens is 2. The number of nitro benzene ring substituents is 1. The van der Waals surface area contributed by atoms with Crippen molar-refractivity contribution in [2.75, 3.05) is 12.4 Å². The molecule has 0 radical (unpaired) electrons. The average molecular weight is 277 g/mol. The second-order valence-corrected chi connectivity index (χ2v) is 3.97. The fourth-order valence-corrected chi connectivity index (χ4v) is 1.64. The topological polar surface area (TPSA) is 72.2 Å². The van der Waals surface area contributed by atoms with Gasteiger partial charge in [0.15, 0.2) is 0 Å². The lowest BCUT2D eigenvalue weighted by atomic mass is 10.1. The van der Waals surface area contributed by atoms with Gasteiger partial charge in [0, 0.05) is 18.5 Å². The van der Waals surface area contributed by atoms with E-state index in [1.807, 2.05) is 0 Å². The van der Waals surface area contributed by atoms with Crippen molar-refractivity contribution in [3.63, 3.8) is 0 Å². The SMILES string of the molecule is O=C(NCCCCl)c1c(Cl)cccc1[N+](=O)[O-]. The highest BCUT2D eigenvalue weighted by Gasteiger charge is 2.22. The summed E-state index contributed by atoms with van der Waals surface area (Å²) in [4.78, 5) is 21.8. The Kier molecular flexibility index (Phi) is 5.18. The van der Waals surface area contributed by atoms with Crippen molar-refractivity contribution < 1.29 is 9.72 Å². The average Bonchev–Trinajstić information content (AvgIpc) is 2.28. The highest BCUT2D eigenvalue weighted by atomic mass is 35.5. The maximum absolute atomic E-state index is 11.7. The van der Waals surface area contributed by atoms with Gasteiger partial charge in [-0.25, -0.2) is 0 Å². The molecule has 0 saturated carbocycles. The van der Waals surface area contributed by atoms with Crippen LogP contribution in [0.15, 0.2) is 18.2 Å². The van der Waals surface area contributed by atoms with E-state index in [0.29, 0.717) is 18.8 Å². The van der Waals surface area contributed by atoms with E-state index in [1.54, 1.807) is 0 Å². The van der Waals surface area contributed by atoms with E-state index in [-0.39, 0.29) is 16.3 Å². The van der Waals surface area contributed by atoms with Crippen molar-refractivity contribution in [1.29, 1.82) is 0 Å². The fraction of sp³-hybridized carbons (Fsp3) is 0.300. The number of hydrogen-bond acceptors (Lipinski definition) is 3. The molecule has 1 amide bonds. The molecule has 17 heavy (non-hydrogen) atoms. The zero-order valence-electron chi connectivity index (χ0n) is 8.78. The predicted molar refractivity (Wildman–Crippen MR) is 65.8 cm³/mol. The van der Waals surface area contributed by atoms with Crippen LogP contribution >= 0.6 is 23.2 Å². The molecule has 1 aromatic carbocycles. The van der Waals surface area contributed by atoms with Crippen molar-refractivity contribution in [2.45, 2.75) is 6.42 Å². The van der Waals surface area contributed by atoms with Gasteiger partial charge >= 0.3 is 0 Å². The highest BCUT2D eigenvalue weighted by molar-refractivity contribution is 6.34. The second kappa shape index (κ2) is 6.42. The van der Waals surface area contributed by atoms with E-state index in [2.05, 4.69) is 5.32 Å². The molecule has 0 aliphatic rings. The number of alkyl halides is 1. The number of benzene rings is 1. The van der Waals surface area contributed by atoms with Crippen LogP contribution in [0.1, 0.15) is 16.8 Å². The van der Waals surface area contributed by atoms with Crippen molar-refractivity contribution in [2.24, 2.45) is 0 Å². The molecular formula is C10H10Cl2N2O3. The van der Waals surface area contributed by atoms with Gasteiger partial charge in [0.1, 0.15) is 5.56 Å². The number of nitrogens with one attached hydrogen (secondary N) is 1. The van der Waals surface area contributed by atoms with Crippen molar-refractivity contribution in [3.8, 4) is 0 Å². The Morgan fingerprint density at radius 3 is 2.76 bits per heavy atom. The molecule has 0 spiro atoms. The zero-order chi connectivity index (χ0) is 12.8. The standard InChI is InChI=1S/C10H10Cl2N2O3/c11-5-2-6-13-10(15)9-7(12)3-1-4-8(9)14(16)17/h1,3-4H,2,5-6H2,(H,13,15). The molecule has 1 aromatic rings. The normalized spacial score (nSPS) is 10.0. The largest absolute Gasteiger partial charge is 0.352 e. The van der Waals surface area contributed by atoms with Gasteiger partial charge in [-0.05, 0) is 12.5 Å². The molecule has 0 aromatic heterocycles.